The van der Waals surface area contributed by atoms with Crippen LogP contribution in [0.1, 0.15) is 32.3 Å². The Labute approximate surface area is 124 Å². The van der Waals surface area contributed by atoms with Crippen LogP contribution in [0.15, 0.2) is 24.3 Å². The van der Waals surface area contributed by atoms with Crippen molar-refractivity contribution in [3.05, 3.63) is 29.8 Å². The molecule has 2 amide bonds. The van der Waals surface area contributed by atoms with Crippen molar-refractivity contribution in [3.8, 4) is 6.07 Å². The zero-order valence-corrected chi connectivity index (χ0v) is 12.4. The Morgan fingerprint density at radius 3 is 2.71 bits per heavy atom. The standard InChI is InChI=1S/C15H19N3O3/c1-4-8-15(2,13(19)21-3)18-14(20)17-12-7-5-6-11(9-12)10-16/h5-7,9H,4,8H2,1-3H3,(H2,17,18,20). The first kappa shape index (κ1) is 16.5. The Morgan fingerprint density at radius 1 is 1.43 bits per heavy atom. The first-order valence-corrected chi connectivity index (χ1v) is 6.63. The highest BCUT2D eigenvalue weighted by atomic mass is 16.5. The number of amides is 2. The summed E-state index contributed by atoms with van der Waals surface area (Å²) in [7, 11) is 1.28. The fourth-order valence-electron chi connectivity index (χ4n) is 2.02. The molecule has 112 valence electrons. The Balaban J connectivity index is 2.79. The van der Waals surface area contributed by atoms with Crippen molar-refractivity contribution in [1.29, 1.82) is 5.26 Å². The van der Waals surface area contributed by atoms with Crippen LogP contribution in [0.25, 0.3) is 0 Å². The van der Waals surface area contributed by atoms with E-state index in [9.17, 15) is 9.59 Å². The number of urea groups is 1. The molecule has 0 saturated heterocycles. The molecule has 0 aliphatic heterocycles. The summed E-state index contributed by atoms with van der Waals surface area (Å²) in [4.78, 5) is 23.8. The molecule has 1 aromatic rings. The smallest absolute Gasteiger partial charge is 0.331 e. The van der Waals surface area contributed by atoms with Crippen LogP contribution in [-0.2, 0) is 9.53 Å². The molecule has 0 spiro atoms. The largest absolute Gasteiger partial charge is 0.467 e. The first-order valence-electron chi connectivity index (χ1n) is 6.63. The Hall–Kier alpha value is -2.55. The van der Waals surface area contributed by atoms with Crippen LogP contribution in [0.5, 0.6) is 0 Å². The van der Waals surface area contributed by atoms with Gasteiger partial charge in [0, 0.05) is 5.69 Å². The first-order chi connectivity index (χ1) is 9.95. The van der Waals surface area contributed by atoms with E-state index in [1.165, 1.54) is 7.11 Å². The van der Waals surface area contributed by atoms with Gasteiger partial charge in [0.1, 0.15) is 5.54 Å². The topological polar surface area (TPSA) is 91.2 Å². The van der Waals surface area contributed by atoms with Gasteiger partial charge in [-0.1, -0.05) is 19.4 Å². The van der Waals surface area contributed by atoms with E-state index >= 15 is 0 Å². The summed E-state index contributed by atoms with van der Waals surface area (Å²) in [6.45, 7) is 3.53. The Morgan fingerprint density at radius 2 is 2.14 bits per heavy atom. The number of methoxy groups -OCH3 is 1. The number of nitrogens with zero attached hydrogens (tertiary/aromatic N) is 1. The molecule has 2 N–H and O–H groups in total. The number of anilines is 1. The average Bonchev–Trinajstić information content (AvgIpc) is 2.46. The number of ether oxygens (including phenoxy) is 1. The predicted octanol–water partition coefficient (Wildman–Crippen LogP) is 2.41. The summed E-state index contributed by atoms with van der Waals surface area (Å²) in [6.07, 6.45) is 1.18. The summed E-state index contributed by atoms with van der Waals surface area (Å²) in [5, 5.41) is 14.0. The molecule has 1 rings (SSSR count). The molecule has 1 atom stereocenters. The number of nitrogens with one attached hydrogen (secondary N) is 2. The van der Waals surface area contributed by atoms with E-state index in [0.717, 1.165) is 6.42 Å². The lowest BCUT2D eigenvalue weighted by molar-refractivity contribution is -0.147. The van der Waals surface area contributed by atoms with Crippen LogP contribution in [0.4, 0.5) is 10.5 Å². The van der Waals surface area contributed by atoms with E-state index in [2.05, 4.69) is 10.6 Å². The van der Waals surface area contributed by atoms with E-state index in [0.29, 0.717) is 17.7 Å². The summed E-state index contributed by atoms with van der Waals surface area (Å²) < 4.78 is 4.73. The van der Waals surface area contributed by atoms with Gasteiger partial charge in [-0.15, -0.1) is 0 Å². The highest BCUT2D eigenvalue weighted by Gasteiger charge is 2.35. The van der Waals surface area contributed by atoms with Crippen molar-refractivity contribution >= 4 is 17.7 Å². The van der Waals surface area contributed by atoms with Gasteiger partial charge in [-0.2, -0.15) is 5.26 Å². The second kappa shape index (κ2) is 7.29. The van der Waals surface area contributed by atoms with Crippen molar-refractivity contribution < 1.29 is 14.3 Å². The number of hydrogen-bond donors (Lipinski definition) is 2. The maximum absolute atomic E-state index is 12.0. The lowest BCUT2D eigenvalue weighted by atomic mass is 9.96. The number of carbonyl (C=O) groups is 2. The molecule has 0 aromatic heterocycles. The van der Waals surface area contributed by atoms with Gasteiger partial charge < -0.3 is 15.4 Å². The zero-order chi connectivity index (χ0) is 15.9. The van der Waals surface area contributed by atoms with E-state index < -0.39 is 17.5 Å². The van der Waals surface area contributed by atoms with Crippen LogP contribution in [-0.4, -0.2) is 24.6 Å². The number of carbonyl (C=O) groups excluding carboxylic acids is 2. The molecule has 0 heterocycles. The lowest BCUT2D eigenvalue weighted by Crippen LogP contribution is -2.54. The maximum Gasteiger partial charge on any atom is 0.331 e. The third-order valence-electron chi connectivity index (χ3n) is 3.02. The van der Waals surface area contributed by atoms with E-state index in [1.54, 1.807) is 31.2 Å². The number of benzene rings is 1. The van der Waals surface area contributed by atoms with Crippen LogP contribution in [0.3, 0.4) is 0 Å². The molecule has 0 radical (unpaired) electrons. The number of rotatable bonds is 5. The van der Waals surface area contributed by atoms with Gasteiger partial charge in [0.25, 0.3) is 0 Å². The normalized spacial score (nSPS) is 12.7. The molecule has 21 heavy (non-hydrogen) atoms. The minimum Gasteiger partial charge on any atom is -0.467 e. The van der Waals surface area contributed by atoms with Gasteiger partial charge in [0.05, 0.1) is 18.7 Å². The molecule has 0 fully saturated rings. The quantitative estimate of drug-likeness (QED) is 0.814. The van der Waals surface area contributed by atoms with Crippen LogP contribution >= 0.6 is 0 Å². The Bertz CT molecular complexity index is 566. The molecule has 0 saturated carbocycles. The van der Waals surface area contributed by atoms with Crippen molar-refractivity contribution in [2.45, 2.75) is 32.2 Å². The molecule has 0 aliphatic rings. The van der Waals surface area contributed by atoms with Crippen molar-refractivity contribution in [2.24, 2.45) is 0 Å². The van der Waals surface area contributed by atoms with E-state index in [4.69, 9.17) is 10.00 Å². The minimum atomic E-state index is -1.08. The van der Waals surface area contributed by atoms with E-state index in [1.807, 2.05) is 13.0 Å². The molecule has 0 aliphatic carbocycles. The highest BCUT2D eigenvalue weighted by Crippen LogP contribution is 2.15. The predicted molar refractivity (Wildman–Crippen MR) is 78.6 cm³/mol. The molecule has 6 heteroatoms. The zero-order valence-electron chi connectivity index (χ0n) is 12.4. The molecular formula is C15H19N3O3. The third kappa shape index (κ3) is 4.49. The molecule has 6 nitrogen and oxygen atoms in total. The highest BCUT2D eigenvalue weighted by molar-refractivity contribution is 5.94. The lowest BCUT2D eigenvalue weighted by Gasteiger charge is -2.27. The van der Waals surface area contributed by atoms with Gasteiger partial charge in [-0.3, -0.25) is 0 Å². The summed E-state index contributed by atoms with van der Waals surface area (Å²) in [6, 6.07) is 7.99. The molecule has 1 unspecified atom stereocenters. The number of nitriles is 1. The van der Waals surface area contributed by atoms with Gasteiger partial charge >= 0.3 is 12.0 Å². The van der Waals surface area contributed by atoms with Gasteiger partial charge in [0.15, 0.2) is 0 Å². The summed E-state index contributed by atoms with van der Waals surface area (Å²) >= 11 is 0. The molecular weight excluding hydrogens is 270 g/mol. The third-order valence-corrected chi connectivity index (χ3v) is 3.02. The number of esters is 1. The van der Waals surface area contributed by atoms with Gasteiger partial charge in [-0.05, 0) is 31.5 Å². The van der Waals surface area contributed by atoms with Crippen LogP contribution in [0.2, 0.25) is 0 Å². The second-order valence-electron chi connectivity index (χ2n) is 4.85. The summed E-state index contributed by atoms with van der Waals surface area (Å²) in [5.41, 5.74) is -0.159. The minimum absolute atomic E-state index is 0.442. The monoisotopic (exact) mass is 289 g/mol. The molecule has 0 bridgehead atoms. The average molecular weight is 289 g/mol. The number of hydrogen-bond acceptors (Lipinski definition) is 4. The van der Waals surface area contributed by atoms with Gasteiger partial charge in [-0.25, -0.2) is 9.59 Å². The maximum atomic E-state index is 12.0. The van der Waals surface area contributed by atoms with Gasteiger partial charge in [0.2, 0.25) is 0 Å². The van der Waals surface area contributed by atoms with E-state index in [-0.39, 0.29) is 0 Å². The van der Waals surface area contributed by atoms with Crippen molar-refractivity contribution in [2.75, 3.05) is 12.4 Å². The fourth-order valence-corrected chi connectivity index (χ4v) is 2.02. The van der Waals surface area contributed by atoms with Crippen molar-refractivity contribution in [3.63, 3.8) is 0 Å². The molecule has 1 aromatic carbocycles. The fraction of sp³-hybridized carbons (Fsp3) is 0.400. The van der Waals surface area contributed by atoms with Crippen LogP contribution in [0, 0.1) is 11.3 Å². The summed E-state index contributed by atoms with van der Waals surface area (Å²) in [5.74, 6) is -0.495. The Kier molecular flexibility index (Phi) is 5.73. The second-order valence-corrected chi connectivity index (χ2v) is 4.85. The van der Waals surface area contributed by atoms with Crippen LogP contribution < -0.4 is 10.6 Å². The SMILES string of the molecule is CCCC(C)(NC(=O)Nc1cccc(C#N)c1)C(=O)OC. The van der Waals surface area contributed by atoms with Crippen molar-refractivity contribution in [1.82, 2.24) is 5.32 Å².